The Morgan fingerprint density at radius 2 is 2.11 bits per heavy atom. The highest BCUT2D eigenvalue weighted by atomic mass is 19.1. The predicted molar refractivity (Wildman–Crippen MR) is 68.3 cm³/mol. The van der Waals surface area contributed by atoms with Crippen LogP contribution in [0.4, 0.5) is 8.78 Å². The van der Waals surface area contributed by atoms with E-state index in [0.717, 1.165) is 19.2 Å². The van der Waals surface area contributed by atoms with Crippen molar-refractivity contribution in [2.75, 3.05) is 13.1 Å². The van der Waals surface area contributed by atoms with Gasteiger partial charge in [0.1, 0.15) is 11.6 Å². The third-order valence-electron chi connectivity index (χ3n) is 3.60. The molecule has 1 fully saturated rings. The summed E-state index contributed by atoms with van der Waals surface area (Å²) in [4.78, 5) is 2.20. The highest BCUT2D eigenvalue weighted by Gasteiger charge is 2.32. The summed E-state index contributed by atoms with van der Waals surface area (Å²) in [6, 6.07) is 4.01. The molecular weight excluding hydrogens is 234 g/mol. The van der Waals surface area contributed by atoms with Gasteiger partial charge in [-0.15, -0.1) is 0 Å². The average Bonchev–Trinajstić information content (AvgIpc) is 2.29. The van der Waals surface area contributed by atoms with Gasteiger partial charge in [0.05, 0.1) is 0 Å². The van der Waals surface area contributed by atoms with Crippen LogP contribution in [-0.4, -0.2) is 29.6 Å². The van der Waals surface area contributed by atoms with Crippen LogP contribution in [0.2, 0.25) is 0 Å². The summed E-state index contributed by atoms with van der Waals surface area (Å²) >= 11 is 0. The van der Waals surface area contributed by atoms with Crippen molar-refractivity contribution in [2.45, 2.75) is 38.9 Å². The molecule has 4 heteroatoms. The summed E-state index contributed by atoms with van der Waals surface area (Å²) in [6.07, 6.45) is 0. The fourth-order valence-electron chi connectivity index (χ4n) is 2.33. The van der Waals surface area contributed by atoms with E-state index in [1.165, 1.54) is 12.1 Å². The highest BCUT2D eigenvalue weighted by molar-refractivity contribution is 5.19. The predicted octanol–water partition coefficient (Wildman–Crippen LogP) is 2.54. The minimum absolute atomic E-state index is 0.0503. The molecule has 0 saturated carbocycles. The number of hydrogen-bond donors (Lipinski definition) is 1. The molecule has 0 aromatic heterocycles. The van der Waals surface area contributed by atoms with E-state index >= 15 is 0 Å². The zero-order valence-electron chi connectivity index (χ0n) is 11.1. The van der Waals surface area contributed by atoms with Crippen LogP contribution in [0.25, 0.3) is 0 Å². The van der Waals surface area contributed by atoms with Gasteiger partial charge in [0, 0.05) is 36.8 Å². The largest absolute Gasteiger partial charge is 0.311 e. The maximum Gasteiger partial charge on any atom is 0.127 e. The van der Waals surface area contributed by atoms with Crippen LogP contribution >= 0.6 is 0 Å². The summed E-state index contributed by atoms with van der Waals surface area (Å²) in [5.41, 5.74) is 0.378. The first kappa shape index (κ1) is 13.4. The van der Waals surface area contributed by atoms with Crippen LogP contribution in [0.15, 0.2) is 18.2 Å². The van der Waals surface area contributed by atoms with Crippen LogP contribution in [-0.2, 0) is 6.54 Å². The molecule has 0 amide bonds. The fourth-order valence-corrected chi connectivity index (χ4v) is 2.33. The molecule has 0 spiro atoms. The van der Waals surface area contributed by atoms with Gasteiger partial charge in [-0.3, -0.25) is 4.90 Å². The molecule has 1 atom stereocenters. The minimum atomic E-state index is -0.382. The Kier molecular flexibility index (Phi) is 3.69. The van der Waals surface area contributed by atoms with Gasteiger partial charge in [0.15, 0.2) is 0 Å². The molecule has 1 unspecified atom stereocenters. The summed E-state index contributed by atoms with van der Waals surface area (Å²) in [5, 5.41) is 3.40. The molecule has 1 saturated heterocycles. The smallest absolute Gasteiger partial charge is 0.127 e. The second kappa shape index (κ2) is 4.94. The van der Waals surface area contributed by atoms with Crippen molar-refractivity contribution in [1.82, 2.24) is 10.2 Å². The lowest BCUT2D eigenvalue weighted by molar-refractivity contribution is 0.0615. The van der Waals surface area contributed by atoms with Crippen molar-refractivity contribution in [1.29, 1.82) is 0 Å². The van der Waals surface area contributed by atoms with Crippen LogP contribution in [0.5, 0.6) is 0 Å². The van der Waals surface area contributed by atoms with Gasteiger partial charge < -0.3 is 5.32 Å². The fraction of sp³-hybridized carbons (Fsp3) is 0.571. The Morgan fingerprint density at radius 1 is 1.39 bits per heavy atom. The van der Waals surface area contributed by atoms with Gasteiger partial charge in [0.25, 0.3) is 0 Å². The molecule has 100 valence electrons. The van der Waals surface area contributed by atoms with E-state index < -0.39 is 0 Å². The first-order valence-electron chi connectivity index (χ1n) is 6.31. The first-order valence-corrected chi connectivity index (χ1v) is 6.31. The third kappa shape index (κ3) is 2.87. The normalized spacial score (nSPS) is 24.2. The van der Waals surface area contributed by atoms with Crippen LogP contribution in [0.3, 0.4) is 0 Å². The third-order valence-corrected chi connectivity index (χ3v) is 3.60. The number of benzene rings is 1. The molecule has 0 bridgehead atoms. The Bertz CT molecular complexity index is 432. The molecule has 1 aromatic carbocycles. The first-order chi connectivity index (χ1) is 8.38. The lowest BCUT2D eigenvalue weighted by atomic mass is 9.97. The van der Waals surface area contributed by atoms with Crippen LogP contribution in [0, 0.1) is 11.6 Å². The Morgan fingerprint density at radius 3 is 2.83 bits per heavy atom. The van der Waals surface area contributed by atoms with Gasteiger partial charge in [-0.05, 0) is 39.0 Å². The summed E-state index contributed by atoms with van der Waals surface area (Å²) < 4.78 is 26.8. The molecule has 1 N–H and O–H groups in total. The Labute approximate surface area is 107 Å². The van der Waals surface area contributed by atoms with Crippen molar-refractivity contribution < 1.29 is 8.78 Å². The number of piperazine rings is 1. The molecule has 2 rings (SSSR count). The standard InChI is InChI=1S/C14H20F2N2/c1-10-7-18(14(2,3)9-17-10)8-11-6-12(15)4-5-13(11)16/h4-6,10,17H,7-9H2,1-3H3. The SMILES string of the molecule is CC1CN(Cc2cc(F)ccc2F)C(C)(C)CN1. The van der Waals surface area contributed by atoms with Crippen molar-refractivity contribution in [3.63, 3.8) is 0 Å². The molecule has 2 nitrogen and oxygen atoms in total. The van der Waals surface area contributed by atoms with Gasteiger partial charge in [0.2, 0.25) is 0 Å². The summed E-state index contributed by atoms with van der Waals surface area (Å²) in [5.74, 6) is -0.717. The van der Waals surface area contributed by atoms with Gasteiger partial charge in [-0.1, -0.05) is 0 Å². The maximum atomic E-state index is 13.7. The highest BCUT2D eigenvalue weighted by Crippen LogP contribution is 2.22. The van der Waals surface area contributed by atoms with Gasteiger partial charge >= 0.3 is 0 Å². The van der Waals surface area contributed by atoms with E-state index in [2.05, 4.69) is 31.0 Å². The molecule has 1 aliphatic rings. The Balaban J connectivity index is 2.18. The van der Waals surface area contributed by atoms with E-state index in [4.69, 9.17) is 0 Å². The van der Waals surface area contributed by atoms with Crippen molar-refractivity contribution >= 4 is 0 Å². The summed E-state index contributed by atoms with van der Waals surface area (Å²) in [7, 11) is 0. The number of rotatable bonds is 2. The van der Waals surface area contributed by atoms with Crippen molar-refractivity contribution in [3.05, 3.63) is 35.4 Å². The molecule has 0 radical (unpaired) electrons. The van der Waals surface area contributed by atoms with E-state index in [1.54, 1.807) is 0 Å². The van der Waals surface area contributed by atoms with Crippen LogP contribution in [0.1, 0.15) is 26.3 Å². The molecule has 18 heavy (non-hydrogen) atoms. The molecule has 1 aromatic rings. The van der Waals surface area contributed by atoms with E-state index in [9.17, 15) is 8.78 Å². The number of nitrogens with zero attached hydrogens (tertiary/aromatic N) is 1. The minimum Gasteiger partial charge on any atom is -0.311 e. The monoisotopic (exact) mass is 254 g/mol. The second-order valence-electron chi connectivity index (χ2n) is 5.71. The Hall–Kier alpha value is -1.00. The number of hydrogen-bond acceptors (Lipinski definition) is 2. The zero-order chi connectivity index (χ0) is 13.3. The van der Waals surface area contributed by atoms with E-state index in [1.807, 2.05) is 0 Å². The number of nitrogens with one attached hydrogen (secondary N) is 1. The lowest BCUT2D eigenvalue weighted by Crippen LogP contribution is -2.60. The lowest BCUT2D eigenvalue weighted by Gasteiger charge is -2.45. The van der Waals surface area contributed by atoms with Crippen molar-refractivity contribution in [2.24, 2.45) is 0 Å². The average molecular weight is 254 g/mol. The van der Waals surface area contributed by atoms with E-state index in [-0.39, 0.29) is 17.2 Å². The zero-order valence-corrected chi connectivity index (χ0v) is 11.1. The molecule has 0 aliphatic carbocycles. The van der Waals surface area contributed by atoms with E-state index in [0.29, 0.717) is 18.2 Å². The molecular formula is C14H20F2N2. The molecule has 1 heterocycles. The summed E-state index contributed by atoms with van der Waals surface area (Å²) in [6.45, 7) is 8.47. The number of halogens is 2. The van der Waals surface area contributed by atoms with Gasteiger partial charge in [-0.25, -0.2) is 8.78 Å². The van der Waals surface area contributed by atoms with Crippen molar-refractivity contribution in [3.8, 4) is 0 Å². The molecule has 1 aliphatic heterocycles. The maximum absolute atomic E-state index is 13.7. The van der Waals surface area contributed by atoms with Gasteiger partial charge in [-0.2, -0.15) is 0 Å². The topological polar surface area (TPSA) is 15.3 Å². The second-order valence-corrected chi connectivity index (χ2v) is 5.71. The van der Waals surface area contributed by atoms with Crippen LogP contribution < -0.4 is 5.32 Å². The quantitative estimate of drug-likeness (QED) is 0.872.